The Morgan fingerprint density at radius 2 is 1.62 bits per heavy atom. The highest BCUT2D eigenvalue weighted by Crippen LogP contribution is 2.35. The van der Waals surface area contributed by atoms with E-state index in [0.717, 1.165) is 28.8 Å². The van der Waals surface area contributed by atoms with Crippen LogP contribution in [0.25, 0.3) is 21.7 Å². The fourth-order valence-corrected chi connectivity index (χ4v) is 4.73. The quantitative estimate of drug-likeness (QED) is 0.351. The number of hydrogen-bond acceptors (Lipinski definition) is 5. The van der Waals surface area contributed by atoms with Crippen molar-refractivity contribution in [2.24, 2.45) is 0 Å². The van der Waals surface area contributed by atoms with Gasteiger partial charge in [-0.3, -0.25) is 9.59 Å². The molecular weight excluding hydrogens is 522 g/mol. The van der Waals surface area contributed by atoms with Crippen molar-refractivity contribution < 1.29 is 36.6 Å². The first-order chi connectivity index (χ1) is 18.3. The minimum absolute atomic E-state index is 0.0469. The predicted octanol–water partition coefficient (Wildman–Crippen LogP) is 5.17. The zero-order chi connectivity index (χ0) is 28.4. The highest BCUT2D eigenvalue weighted by molar-refractivity contribution is 6.04. The number of amides is 1. The lowest BCUT2D eigenvalue weighted by Gasteiger charge is -2.34. The van der Waals surface area contributed by atoms with Gasteiger partial charge in [-0.1, -0.05) is 0 Å². The number of aromatic amines is 1. The number of benzene rings is 2. The smallest absolute Gasteiger partial charge is 0.419 e. The van der Waals surface area contributed by atoms with Crippen LogP contribution < -0.4 is 5.56 Å². The summed E-state index contributed by atoms with van der Waals surface area (Å²) < 4.78 is 68.2. The zero-order valence-corrected chi connectivity index (χ0v) is 21.3. The van der Waals surface area contributed by atoms with Crippen LogP contribution in [0.3, 0.4) is 0 Å². The van der Waals surface area contributed by atoms with Gasteiger partial charge < -0.3 is 19.4 Å². The lowest BCUT2D eigenvalue weighted by molar-refractivity contribution is 0.0320. The first-order valence-electron chi connectivity index (χ1n) is 11.9. The van der Waals surface area contributed by atoms with Gasteiger partial charge in [0.25, 0.3) is 11.5 Å². The number of likely N-dealkylation sites (N-methyl/N-ethyl adjacent to an activating group) is 1. The molecule has 0 bridgehead atoms. The molecule has 0 unspecified atom stereocenters. The molecule has 8 nitrogen and oxygen atoms in total. The number of ether oxygens (including phenoxy) is 2. The zero-order valence-electron chi connectivity index (χ0n) is 21.3. The van der Waals surface area contributed by atoms with Gasteiger partial charge in [-0.15, -0.1) is 0 Å². The normalized spacial score (nSPS) is 15.4. The Kier molecular flexibility index (Phi) is 6.25. The van der Waals surface area contributed by atoms with Gasteiger partial charge in [0.15, 0.2) is 23.3 Å². The van der Waals surface area contributed by atoms with Crippen LogP contribution in [0.4, 0.5) is 22.4 Å². The average Bonchev–Trinajstić information content (AvgIpc) is 3.21. The molecule has 1 aliphatic heterocycles. The molecule has 5 rings (SSSR count). The second-order valence-electron chi connectivity index (χ2n) is 10.3. The molecule has 1 amide bonds. The van der Waals surface area contributed by atoms with Crippen LogP contribution in [0.1, 0.15) is 48.6 Å². The van der Waals surface area contributed by atoms with Crippen LogP contribution in [-0.4, -0.2) is 45.7 Å². The molecule has 1 N–H and O–H groups in total. The number of fused-ring (bicyclic) bond motifs is 4. The number of nitrogens with one attached hydrogen (secondary N) is 1. The molecule has 1 aliphatic rings. The van der Waals surface area contributed by atoms with Crippen molar-refractivity contribution in [1.29, 1.82) is 0 Å². The summed E-state index contributed by atoms with van der Waals surface area (Å²) in [7, 11) is 1.39. The fraction of sp³-hybridized carbons (Fsp3) is 0.296. The molecule has 3 heterocycles. The number of hydrogen-bond donors (Lipinski definition) is 1. The summed E-state index contributed by atoms with van der Waals surface area (Å²) in [4.78, 5) is 43.3. The number of rotatable bonds is 2. The fourth-order valence-electron chi connectivity index (χ4n) is 4.73. The molecule has 0 aliphatic carbocycles. The second-order valence-corrected chi connectivity index (χ2v) is 10.3. The van der Waals surface area contributed by atoms with E-state index in [9.17, 15) is 31.9 Å². The van der Waals surface area contributed by atoms with Crippen LogP contribution in [0, 0.1) is 23.3 Å². The van der Waals surface area contributed by atoms with Gasteiger partial charge in [0.1, 0.15) is 11.3 Å². The van der Waals surface area contributed by atoms with Crippen molar-refractivity contribution in [2.45, 2.75) is 39.0 Å². The lowest BCUT2D eigenvalue weighted by Crippen LogP contribution is -2.39. The number of nitrogens with zero attached hydrogens (tertiary/aromatic N) is 2. The van der Waals surface area contributed by atoms with Gasteiger partial charge in [0, 0.05) is 29.8 Å². The summed E-state index contributed by atoms with van der Waals surface area (Å²) >= 11 is 0. The molecule has 1 atom stereocenters. The third kappa shape index (κ3) is 4.54. The van der Waals surface area contributed by atoms with Gasteiger partial charge in [-0.25, -0.2) is 26.9 Å². The van der Waals surface area contributed by atoms with Gasteiger partial charge in [-0.05, 0) is 50.4 Å². The van der Waals surface area contributed by atoms with E-state index in [0.29, 0.717) is 5.56 Å². The molecule has 204 valence electrons. The molecule has 0 spiro atoms. The summed E-state index contributed by atoms with van der Waals surface area (Å²) in [5, 5.41) is 0.0516. The summed E-state index contributed by atoms with van der Waals surface area (Å²) in [6.45, 7) is 4.69. The number of carbonyl (C=O) groups is 2. The van der Waals surface area contributed by atoms with E-state index in [1.54, 1.807) is 20.8 Å². The van der Waals surface area contributed by atoms with Crippen LogP contribution in [-0.2, 0) is 16.1 Å². The van der Waals surface area contributed by atoms with E-state index in [-0.39, 0.29) is 46.3 Å². The maximum Gasteiger partial charge on any atom is 0.419 e. The van der Waals surface area contributed by atoms with E-state index >= 15 is 0 Å². The predicted molar refractivity (Wildman–Crippen MR) is 132 cm³/mol. The maximum absolute atomic E-state index is 14.2. The molecule has 4 aromatic rings. The lowest BCUT2D eigenvalue weighted by atomic mass is 9.95. The maximum atomic E-state index is 14.2. The molecule has 2 aromatic heterocycles. The average molecular weight is 545 g/mol. The van der Waals surface area contributed by atoms with Gasteiger partial charge >= 0.3 is 6.09 Å². The Bertz CT molecular complexity index is 1740. The largest absolute Gasteiger partial charge is 0.443 e. The summed E-state index contributed by atoms with van der Waals surface area (Å²) in [6, 6.07) is 3.63. The second kappa shape index (κ2) is 9.23. The van der Waals surface area contributed by atoms with Crippen molar-refractivity contribution in [3.05, 3.63) is 80.9 Å². The Balaban J connectivity index is 1.66. The highest BCUT2D eigenvalue weighted by atomic mass is 19.2. The summed E-state index contributed by atoms with van der Waals surface area (Å²) in [5.74, 6) is -5.54. The van der Waals surface area contributed by atoms with E-state index < -0.39 is 52.5 Å². The first-order valence-corrected chi connectivity index (χ1v) is 11.9. The van der Waals surface area contributed by atoms with Crippen molar-refractivity contribution in [3.63, 3.8) is 0 Å². The summed E-state index contributed by atoms with van der Waals surface area (Å²) in [6.07, 6.45) is -0.993. The molecule has 0 radical (unpaired) electrons. The van der Waals surface area contributed by atoms with Crippen molar-refractivity contribution in [1.82, 2.24) is 14.5 Å². The Morgan fingerprint density at radius 3 is 2.28 bits per heavy atom. The summed E-state index contributed by atoms with van der Waals surface area (Å²) in [5.41, 5.74) is -1.38. The molecule has 12 heteroatoms. The number of H-pyrrole nitrogens is 1. The van der Waals surface area contributed by atoms with Gasteiger partial charge in [0.05, 0.1) is 30.2 Å². The third-order valence-electron chi connectivity index (χ3n) is 6.47. The van der Waals surface area contributed by atoms with E-state index in [4.69, 9.17) is 9.47 Å². The molecule has 2 aromatic carbocycles. The minimum Gasteiger partial charge on any atom is -0.443 e. The topological polar surface area (TPSA) is 93.6 Å². The number of halogens is 4. The van der Waals surface area contributed by atoms with Crippen LogP contribution in [0.5, 0.6) is 0 Å². The molecule has 0 saturated heterocycles. The van der Waals surface area contributed by atoms with Crippen molar-refractivity contribution in [2.75, 3.05) is 13.7 Å². The van der Waals surface area contributed by atoms with E-state index in [2.05, 4.69) is 4.98 Å². The van der Waals surface area contributed by atoms with E-state index in [1.165, 1.54) is 18.0 Å². The number of aromatic nitrogens is 2. The standard InChI is InChI=1S/C27H23F4N3O5/c1-27(2,3)39-26(37)34-20-9-18(31)15(28)5-12(20)6-21(34)25(36)33(4)22-11-38-10-19-23(22)13-7-16(29)17(30)8-14(13)24(35)32-19/h5-9,22H,10-11H2,1-4H3,(H,32,35)/t22-/m1/s1. The number of carbonyl (C=O) groups excluding carboxylic acids is 2. The monoisotopic (exact) mass is 545 g/mol. The van der Waals surface area contributed by atoms with Gasteiger partial charge in [-0.2, -0.15) is 0 Å². The molecular formula is C27H23F4N3O5. The molecule has 0 fully saturated rings. The van der Waals surface area contributed by atoms with Crippen LogP contribution in [0.15, 0.2) is 35.1 Å². The first kappa shape index (κ1) is 26.4. The van der Waals surface area contributed by atoms with E-state index in [1.807, 2.05) is 0 Å². The van der Waals surface area contributed by atoms with Crippen LogP contribution >= 0.6 is 0 Å². The number of pyridine rings is 1. The van der Waals surface area contributed by atoms with Crippen LogP contribution in [0.2, 0.25) is 0 Å². The van der Waals surface area contributed by atoms with Crippen molar-refractivity contribution >= 4 is 33.7 Å². The Labute approximate surface area is 218 Å². The minimum atomic E-state index is -1.22. The Morgan fingerprint density at radius 1 is 1.00 bits per heavy atom. The molecule has 39 heavy (non-hydrogen) atoms. The van der Waals surface area contributed by atoms with Crippen molar-refractivity contribution in [3.8, 4) is 0 Å². The Hall–Kier alpha value is -4.19. The third-order valence-corrected chi connectivity index (χ3v) is 6.47. The van der Waals surface area contributed by atoms with Gasteiger partial charge in [0.2, 0.25) is 0 Å². The molecule has 0 saturated carbocycles. The SMILES string of the molecule is CN(C(=O)c1cc2cc(F)c(F)cc2n1C(=O)OC(C)(C)C)[C@@H]1COCc2[nH]c(=O)c3cc(F)c(F)cc3c21. The highest BCUT2D eigenvalue weighted by Gasteiger charge is 2.34.